The van der Waals surface area contributed by atoms with Gasteiger partial charge in [-0.15, -0.1) is 22.7 Å². The van der Waals surface area contributed by atoms with Gasteiger partial charge in [0.05, 0.1) is 22.3 Å². The second-order valence-electron chi connectivity index (χ2n) is 7.06. The van der Waals surface area contributed by atoms with Gasteiger partial charge in [-0.2, -0.15) is 0 Å². The van der Waals surface area contributed by atoms with Crippen molar-refractivity contribution >= 4 is 55.5 Å². The van der Waals surface area contributed by atoms with Gasteiger partial charge in [0.25, 0.3) is 0 Å². The van der Waals surface area contributed by atoms with Crippen LogP contribution < -0.4 is 10.2 Å². The number of nitrogens with zero attached hydrogens (tertiary/aromatic N) is 3. The molecule has 1 fully saturated rings. The zero-order valence-corrected chi connectivity index (χ0v) is 17.6. The van der Waals surface area contributed by atoms with E-state index in [4.69, 9.17) is 0 Å². The maximum absolute atomic E-state index is 12.4. The van der Waals surface area contributed by atoms with E-state index in [1.807, 2.05) is 47.8 Å². The Morgan fingerprint density at radius 3 is 2.70 bits per heavy atom. The number of hydrogen-bond acceptors (Lipinski definition) is 6. The molecule has 30 heavy (non-hydrogen) atoms. The molecule has 0 bridgehead atoms. The molecular formula is C22H18N4O2S2. The summed E-state index contributed by atoms with van der Waals surface area (Å²) in [6, 6.07) is 15.8. The standard InChI is InChI=1S/C22H18N4O2S2/c27-19(12-16-13-29-22(24-16)26-11-3-6-20(26)28)23-15-9-7-14(8-10-15)21-25-17-4-1-2-5-18(17)30-21/h1-2,4-5,7-10,13H,3,6,11-12H2,(H,23,27). The minimum absolute atomic E-state index is 0.105. The fourth-order valence-electron chi connectivity index (χ4n) is 3.41. The molecule has 5 rings (SSSR count). The molecule has 0 saturated carbocycles. The highest BCUT2D eigenvalue weighted by molar-refractivity contribution is 7.21. The van der Waals surface area contributed by atoms with Gasteiger partial charge in [-0.25, -0.2) is 9.97 Å². The number of thiazole rings is 2. The number of carbonyl (C=O) groups is 2. The number of para-hydroxylation sites is 1. The molecule has 1 N–H and O–H groups in total. The molecule has 0 unspecified atom stereocenters. The molecule has 8 heteroatoms. The first-order valence-electron chi connectivity index (χ1n) is 9.66. The third-order valence-electron chi connectivity index (χ3n) is 4.90. The van der Waals surface area contributed by atoms with Crippen LogP contribution in [-0.2, 0) is 16.0 Å². The topological polar surface area (TPSA) is 75.2 Å². The zero-order valence-electron chi connectivity index (χ0n) is 16.0. The number of benzene rings is 2. The van der Waals surface area contributed by atoms with Crippen LogP contribution in [0.2, 0.25) is 0 Å². The average molecular weight is 435 g/mol. The molecular weight excluding hydrogens is 416 g/mol. The van der Waals surface area contributed by atoms with Gasteiger partial charge in [0.2, 0.25) is 11.8 Å². The summed E-state index contributed by atoms with van der Waals surface area (Å²) in [4.78, 5) is 35.1. The van der Waals surface area contributed by atoms with Crippen LogP contribution in [0.25, 0.3) is 20.8 Å². The molecule has 0 spiro atoms. The minimum atomic E-state index is -0.132. The molecule has 0 aliphatic carbocycles. The molecule has 150 valence electrons. The van der Waals surface area contributed by atoms with Crippen molar-refractivity contribution in [2.75, 3.05) is 16.8 Å². The van der Waals surface area contributed by atoms with E-state index in [1.54, 1.807) is 16.2 Å². The van der Waals surface area contributed by atoms with Gasteiger partial charge < -0.3 is 5.32 Å². The van der Waals surface area contributed by atoms with Crippen LogP contribution >= 0.6 is 22.7 Å². The number of aromatic nitrogens is 2. The Kier molecular flexibility index (Phi) is 5.02. The van der Waals surface area contributed by atoms with E-state index in [2.05, 4.69) is 21.4 Å². The smallest absolute Gasteiger partial charge is 0.230 e. The van der Waals surface area contributed by atoms with Gasteiger partial charge >= 0.3 is 0 Å². The Morgan fingerprint density at radius 1 is 1.10 bits per heavy atom. The second-order valence-corrected chi connectivity index (χ2v) is 8.93. The maximum Gasteiger partial charge on any atom is 0.230 e. The van der Waals surface area contributed by atoms with E-state index >= 15 is 0 Å². The van der Waals surface area contributed by atoms with Crippen LogP contribution in [0.1, 0.15) is 18.5 Å². The van der Waals surface area contributed by atoms with Crippen molar-refractivity contribution in [3.05, 3.63) is 59.6 Å². The highest BCUT2D eigenvalue weighted by atomic mass is 32.1. The monoisotopic (exact) mass is 434 g/mol. The lowest BCUT2D eigenvalue weighted by molar-refractivity contribution is -0.117. The van der Waals surface area contributed by atoms with Gasteiger partial charge in [0.1, 0.15) is 5.01 Å². The molecule has 3 heterocycles. The quantitative estimate of drug-likeness (QED) is 0.493. The van der Waals surface area contributed by atoms with Gasteiger partial charge in [-0.05, 0) is 42.8 Å². The average Bonchev–Trinajstić information content (AvgIpc) is 3.47. The van der Waals surface area contributed by atoms with E-state index < -0.39 is 0 Å². The fourth-order valence-corrected chi connectivity index (χ4v) is 5.25. The van der Waals surface area contributed by atoms with Crippen molar-refractivity contribution < 1.29 is 9.59 Å². The van der Waals surface area contributed by atoms with Crippen LogP contribution in [0.15, 0.2) is 53.9 Å². The second kappa shape index (κ2) is 7.97. The Morgan fingerprint density at radius 2 is 1.93 bits per heavy atom. The molecule has 2 amide bonds. The number of carbonyl (C=O) groups excluding carboxylic acids is 2. The summed E-state index contributed by atoms with van der Waals surface area (Å²) < 4.78 is 1.16. The summed E-state index contributed by atoms with van der Waals surface area (Å²) in [6.45, 7) is 0.707. The molecule has 4 aromatic rings. The molecule has 2 aromatic carbocycles. The number of hydrogen-bond donors (Lipinski definition) is 1. The normalized spacial score (nSPS) is 13.9. The number of nitrogens with one attached hydrogen (secondary N) is 1. The predicted molar refractivity (Wildman–Crippen MR) is 121 cm³/mol. The van der Waals surface area contributed by atoms with Crippen molar-refractivity contribution in [1.82, 2.24) is 9.97 Å². The lowest BCUT2D eigenvalue weighted by Gasteiger charge is -2.10. The highest BCUT2D eigenvalue weighted by Gasteiger charge is 2.24. The molecule has 1 aliphatic rings. The van der Waals surface area contributed by atoms with Crippen molar-refractivity contribution in [3.8, 4) is 10.6 Å². The summed E-state index contributed by atoms with van der Waals surface area (Å²) in [6.07, 6.45) is 1.61. The molecule has 6 nitrogen and oxygen atoms in total. The van der Waals surface area contributed by atoms with E-state index in [-0.39, 0.29) is 18.2 Å². The molecule has 2 aromatic heterocycles. The Balaban J connectivity index is 1.23. The van der Waals surface area contributed by atoms with E-state index in [1.165, 1.54) is 11.3 Å². The summed E-state index contributed by atoms with van der Waals surface area (Å²) in [7, 11) is 0. The van der Waals surface area contributed by atoms with E-state index in [0.29, 0.717) is 23.8 Å². The minimum Gasteiger partial charge on any atom is -0.326 e. The van der Waals surface area contributed by atoms with Crippen LogP contribution in [0.4, 0.5) is 10.8 Å². The first-order valence-corrected chi connectivity index (χ1v) is 11.4. The first kappa shape index (κ1) is 18.9. The first-order chi connectivity index (χ1) is 14.7. The van der Waals surface area contributed by atoms with E-state index in [0.717, 1.165) is 32.9 Å². The van der Waals surface area contributed by atoms with Gasteiger partial charge in [0.15, 0.2) is 5.13 Å². The molecule has 1 saturated heterocycles. The Labute approximate surface area is 181 Å². The third-order valence-corrected chi connectivity index (χ3v) is 6.89. The molecule has 0 atom stereocenters. The van der Waals surface area contributed by atoms with Crippen LogP contribution in [0.3, 0.4) is 0 Å². The van der Waals surface area contributed by atoms with Crippen molar-refractivity contribution in [3.63, 3.8) is 0 Å². The predicted octanol–water partition coefficient (Wildman–Crippen LogP) is 4.73. The van der Waals surface area contributed by atoms with Crippen molar-refractivity contribution in [2.45, 2.75) is 19.3 Å². The van der Waals surface area contributed by atoms with Crippen LogP contribution in [-0.4, -0.2) is 28.3 Å². The fraction of sp³-hybridized carbons (Fsp3) is 0.182. The van der Waals surface area contributed by atoms with Crippen molar-refractivity contribution in [2.24, 2.45) is 0 Å². The Hall–Kier alpha value is -3.10. The Bertz CT molecular complexity index is 1200. The summed E-state index contributed by atoms with van der Waals surface area (Å²) in [5.74, 6) is -0.0269. The third kappa shape index (κ3) is 3.83. The number of fused-ring (bicyclic) bond motifs is 1. The highest BCUT2D eigenvalue weighted by Crippen LogP contribution is 2.30. The van der Waals surface area contributed by atoms with Crippen LogP contribution in [0.5, 0.6) is 0 Å². The molecule has 1 aliphatic heterocycles. The largest absolute Gasteiger partial charge is 0.326 e. The molecule has 0 radical (unpaired) electrons. The van der Waals surface area contributed by atoms with Gasteiger partial charge in [-0.3, -0.25) is 14.5 Å². The van der Waals surface area contributed by atoms with Gasteiger partial charge in [0, 0.05) is 29.6 Å². The maximum atomic E-state index is 12.4. The lowest BCUT2D eigenvalue weighted by Crippen LogP contribution is -2.23. The van der Waals surface area contributed by atoms with Crippen molar-refractivity contribution in [1.29, 1.82) is 0 Å². The number of rotatable bonds is 5. The van der Waals surface area contributed by atoms with Gasteiger partial charge in [-0.1, -0.05) is 12.1 Å². The summed E-state index contributed by atoms with van der Waals surface area (Å²) >= 11 is 3.06. The van der Waals surface area contributed by atoms with Crippen LogP contribution in [0, 0.1) is 0 Å². The number of amides is 2. The SMILES string of the molecule is O=C(Cc1csc(N2CCCC2=O)n1)Nc1ccc(-c2nc3ccccc3s2)cc1. The number of anilines is 2. The lowest BCUT2D eigenvalue weighted by atomic mass is 10.2. The summed E-state index contributed by atoms with van der Waals surface area (Å²) in [5, 5.41) is 6.40. The summed E-state index contributed by atoms with van der Waals surface area (Å²) in [5.41, 5.74) is 3.43. The zero-order chi connectivity index (χ0) is 20.5. The van der Waals surface area contributed by atoms with E-state index in [9.17, 15) is 9.59 Å².